The number of piperidine rings is 1. The predicted octanol–water partition coefficient (Wildman–Crippen LogP) is 6.28. The van der Waals surface area contributed by atoms with Gasteiger partial charge < -0.3 is 10.0 Å². The summed E-state index contributed by atoms with van der Waals surface area (Å²) in [6.45, 7) is 7.06. The number of carboxylic acid groups (broad SMARTS) is 1. The summed E-state index contributed by atoms with van der Waals surface area (Å²) in [7, 11) is -3.40. The molecule has 1 heterocycles. The molecule has 6 nitrogen and oxygen atoms in total. The first-order chi connectivity index (χ1) is 16.8. The first-order valence-corrected chi connectivity index (χ1v) is 14.5. The molecule has 3 atom stereocenters. The van der Waals surface area contributed by atoms with Crippen LogP contribution in [0.25, 0.3) is 0 Å². The highest BCUT2D eigenvalue weighted by Gasteiger charge is 2.43. The molecule has 1 N–H and O–H groups in total. The fourth-order valence-corrected chi connectivity index (χ4v) is 5.91. The minimum absolute atomic E-state index is 0.106. The molecule has 1 fully saturated rings. The maximum absolute atomic E-state index is 13.4. The lowest BCUT2D eigenvalue weighted by atomic mass is 9.84. The zero-order valence-electron chi connectivity index (χ0n) is 21.1. The molecule has 2 aromatic carbocycles. The first-order valence-electron chi connectivity index (χ1n) is 12.0. The van der Waals surface area contributed by atoms with Crippen LogP contribution in [0.4, 0.5) is 0 Å². The van der Waals surface area contributed by atoms with Crippen molar-refractivity contribution >= 4 is 44.9 Å². The Kier molecular flexibility index (Phi) is 11.3. The molecule has 2 aromatic rings. The Balaban J connectivity index is 0.000000558. The van der Waals surface area contributed by atoms with Crippen LogP contribution in [0, 0.1) is 11.8 Å². The SMILES string of the molecule is CC(C)C(CS(=O)(=O)C(C)C)N1C(=O)C(CC(=O)O)CCC1c1ccc(Cl)cc1.Clc1ccccc1. The molecule has 3 unspecified atom stereocenters. The summed E-state index contributed by atoms with van der Waals surface area (Å²) in [5.41, 5.74) is 0.879. The van der Waals surface area contributed by atoms with E-state index in [1.54, 1.807) is 30.9 Å². The molecule has 36 heavy (non-hydrogen) atoms. The molecule has 1 aliphatic heterocycles. The number of hydrogen-bond acceptors (Lipinski definition) is 4. The number of carbonyl (C=O) groups is 2. The number of rotatable bonds is 8. The summed E-state index contributed by atoms with van der Waals surface area (Å²) in [6, 6.07) is 15.8. The van der Waals surface area contributed by atoms with E-state index in [0.29, 0.717) is 17.9 Å². The molecule has 9 heteroatoms. The van der Waals surface area contributed by atoms with Crippen molar-refractivity contribution in [1.82, 2.24) is 4.90 Å². The van der Waals surface area contributed by atoms with Gasteiger partial charge in [-0.25, -0.2) is 8.42 Å². The van der Waals surface area contributed by atoms with E-state index >= 15 is 0 Å². The minimum atomic E-state index is -3.40. The molecule has 198 valence electrons. The molecule has 1 aliphatic rings. The number of likely N-dealkylation sites (tertiary alicyclic amines) is 1. The van der Waals surface area contributed by atoms with E-state index in [1.165, 1.54) is 0 Å². The van der Waals surface area contributed by atoms with Crippen LogP contribution in [0.2, 0.25) is 10.0 Å². The third-order valence-corrected chi connectivity index (χ3v) is 9.13. The molecule has 0 radical (unpaired) electrons. The van der Waals surface area contributed by atoms with Gasteiger partial charge in [0.05, 0.1) is 23.5 Å². The van der Waals surface area contributed by atoms with Crippen LogP contribution in [0.5, 0.6) is 0 Å². The van der Waals surface area contributed by atoms with Gasteiger partial charge in [0.1, 0.15) is 0 Å². The average Bonchev–Trinajstić information content (AvgIpc) is 2.80. The number of aliphatic carboxylic acids is 1. The van der Waals surface area contributed by atoms with Crippen LogP contribution in [0.15, 0.2) is 54.6 Å². The Bertz CT molecular complexity index is 1100. The highest BCUT2D eigenvalue weighted by Crippen LogP contribution is 2.39. The Morgan fingerprint density at radius 2 is 1.53 bits per heavy atom. The van der Waals surface area contributed by atoms with Gasteiger partial charge in [0.15, 0.2) is 9.84 Å². The van der Waals surface area contributed by atoms with Crippen LogP contribution >= 0.6 is 23.2 Å². The van der Waals surface area contributed by atoms with Gasteiger partial charge in [-0.3, -0.25) is 9.59 Å². The fraction of sp³-hybridized carbons (Fsp3) is 0.481. The largest absolute Gasteiger partial charge is 0.481 e. The second-order valence-electron chi connectivity index (χ2n) is 9.67. The van der Waals surface area contributed by atoms with Crippen LogP contribution in [0.3, 0.4) is 0 Å². The van der Waals surface area contributed by atoms with Gasteiger partial charge in [0, 0.05) is 22.0 Å². The summed E-state index contributed by atoms with van der Waals surface area (Å²) in [5, 5.41) is 10.0. The van der Waals surface area contributed by atoms with E-state index in [0.717, 1.165) is 10.6 Å². The number of hydrogen-bond donors (Lipinski definition) is 1. The smallest absolute Gasteiger partial charge is 0.304 e. The Labute approximate surface area is 224 Å². The normalized spacial score (nSPS) is 19.1. The standard InChI is InChI=1S/C21H30ClNO5S.C6H5Cl/c1-13(2)19(12-29(27,28)14(3)4)23-18(15-5-8-17(22)9-6-15)10-7-16(21(23)26)11-20(24)25;7-6-4-2-1-3-5-6/h5-6,8-9,13-14,16,18-19H,7,10-12H2,1-4H3,(H,24,25);1-5H. The van der Waals surface area contributed by atoms with Crippen molar-refractivity contribution in [2.45, 2.75) is 64.3 Å². The monoisotopic (exact) mass is 555 g/mol. The highest BCUT2D eigenvalue weighted by molar-refractivity contribution is 7.92. The van der Waals surface area contributed by atoms with Crippen LogP contribution < -0.4 is 0 Å². The second kappa shape index (κ2) is 13.5. The number of halogens is 2. The molecular formula is C27H35Cl2NO5S. The molecule has 3 rings (SSSR count). The fourth-order valence-electron chi connectivity index (χ4n) is 4.23. The molecule has 0 bridgehead atoms. The maximum atomic E-state index is 13.4. The molecule has 0 spiro atoms. The van der Waals surface area contributed by atoms with Crippen molar-refractivity contribution in [3.63, 3.8) is 0 Å². The summed E-state index contributed by atoms with van der Waals surface area (Å²) < 4.78 is 25.4. The van der Waals surface area contributed by atoms with Gasteiger partial charge in [-0.1, -0.05) is 67.4 Å². The van der Waals surface area contributed by atoms with Crippen molar-refractivity contribution in [3.8, 4) is 0 Å². The molecule has 0 aliphatic carbocycles. The van der Waals surface area contributed by atoms with Crippen LogP contribution in [0.1, 0.15) is 58.6 Å². The highest BCUT2D eigenvalue weighted by atomic mass is 35.5. The molecule has 0 aromatic heterocycles. The van der Waals surface area contributed by atoms with E-state index in [9.17, 15) is 23.1 Å². The van der Waals surface area contributed by atoms with Gasteiger partial charge in [-0.2, -0.15) is 0 Å². The van der Waals surface area contributed by atoms with E-state index in [2.05, 4.69) is 0 Å². The van der Waals surface area contributed by atoms with Crippen molar-refractivity contribution in [1.29, 1.82) is 0 Å². The van der Waals surface area contributed by atoms with E-state index in [-0.39, 0.29) is 30.0 Å². The number of sulfone groups is 1. The van der Waals surface area contributed by atoms with Crippen molar-refractivity contribution in [2.24, 2.45) is 11.8 Å². The van der Waals surface area contributed by atoms with Crippen LogP contribution in [-0.4, -0.2) is 47.3 Å². The quantitative estimate of drug-likeness (QED) is 0.413. The third kappa shape index (κ3) is 8.49. The Morgan fingerprint density at radius 1 is 0.972 bits per heavy atom. The van der Waals surface area contributed by atoms with Gasteiger partial charge in [0.2, 0.25) is 5.91 Å². The Hall–Kier alpha value is -2.09. The summed E-state index contributed by atoms with van der Waals surface area (Å²) >= 11 is 11.5. The Morgan fingerprint density at radius 3 is 1.97 bits per heavy atom. The average molecular weight is 557 g/mol. The lowest BCUT2D eigenvalue weighted by Gasteiger charge is -2.45. The maximum Gasteiger partial charge on any atom is 0.304 e. The van der Waals surface area contributed by atoms with Gasteiger partial charge >= 0.3 is 5.97 Å². The topological polar surface area (TPSA) is 91.8 Å². The molecule has 1 amide bonds. The first kappa shape index (κ1) is 30.1. The second-order valence-corrected chi connectivity index (χ2v) is 13.1. The third-order valence-electron chi connectivity index (χ3n) is 6.39. The molecule has 0 saturated carbocycles. The zero-order valence-corrected chi connectivity index (χ0v) is 23.4. The lowest BCUT2D eigenvalue weighted by molar-refractivity contribution is -0.151. The van der Waals surface area contributed by atoms with E-state index in [1.807, 2.05) is 56.3 Å². The number of nitrogens with zero attached hydrogens (tertiary/aromatic N) is 1. The van der Waals surface area contributed by atoms with Crippen LogP contribution in [-0.2, 0) is 19.4 Å². The van der Waals surface area contributed by atoms with Gasteiger partial charge in [-0.05, 0) is 62.4 Å². The van der Waals surface area contributed by atoms with Crippen molar-refractivity contribution < 1.29 is 23.1 Å². The zero-order chi connectivity index (χ0) is 27.0. The van der Waals surface area contributed by atoms with Crippen molar-refractivity contribution in [2.75, 3.05) is 5.75 Å². The summed E-state index contributed by atoms with van der Waals surface area (Å²) in [4.78, 5) is 26.2. The number of carboxylic acids is 1. The minimum Gasteiger partial charge on any atom is -0.481 e. The van der Waals surface area contributed by atoms with Crippen molar-refractivity contribution in [3.05, 3.63) is 70.2 Å². The van der Waals surface area contributed by atoms with Gasteiger partial charge in [0.25, 0.3) is 0 Å². The number of carbonyl (C=O) groups excluding carboxylic acids is 1. The predicted molar refractivity (Wildman–Crippen MR) is 145 cm³/mol. The summed E-state index contributed by atoms with van der Waals surface area (Å²) in [5.74, 6) is -2.19. The lowest BCUT2D eigenvalue weighted by Crippen LogP contribution is -2.54. The molecular weight excluding hydrogens is 521 g/mol. The molecule has 1 saturated heterocycles. The van der Waals surface area contributed by atoms with Gasteiger partial charge in [-0.15, -0.1) is 0 Å². The number of amides is 1. The van der Waals surface area contributed by atoms with E-state index in [4.69, 9.17) is 23.2 Å². The number of benzene rings is 2. The van der Waals surface area contributed by atoms with E-state index < -0.39 is 33.0 Å². The summed E-state index contributed by atoms with van der Waals surface area (Å²) in [6.07, 6.45) is 0.789.